The molecular weight excluding hydrogens is 262 g/mol. The van der Waals surface area contributed by atoms with E-state index in [-0.39, 0.29) is 12.2 Å². The summed E-state index contributed by atoms with van der Waals surface area (Å²) in [6.45, 7) is 1.80. The Morgan fingerprint density at radius 3 is 2.95 bits per heavy atom. The Labute approximate surface area is 113 Å². The van der Waals surface area contributed by atoms with Crippen molar-refractivity contribution in [2.45, 2.75) is 13.3 Å². The number of nitrogens with zero attached hydrogens (tertiary/aromatic N) is 2. The number of hydrogen-bond acceptors (Lipinski definition) is 4. The topological polar surface area (TPSA) is 70.9 Å². The molecule has 3 rings (SSSR count). The predicted octanol–water partition coefficient (Wildman–Crippen LogP) is 1.62. The molecule has 0 radical (unpaired) electrons. The van der Waals surface area contributed by atoms with Crippen molar-refractivity contribution < 1.29 is 5.11 Å². The Hall–Kier alpha value is -1.92. The van der Waals surface area contributed by atoms with Gasteiger partial charge in [-0.2, -0.15) is 4.68 Å². The minimum absolute atomic E-state index is 0.0340. The number of hydrogen-bond donors (Lipinski definition) is 2. The van der Waals surface area contributed by atoms with Gasteiger partial charge in [0.05, 0.1) is 10.2 Å². The highest BCUT2D eigenvalue weighted by Gasteiger charge is 2.14. The number of aryl methyl sites for hydroxylation is 1. The minimum atomic E-state index is -0.134. The number of fused-ring (bicyclic) bond motifs is 1. The maximum absolute atomic E-state index is 12.2. The molecule has 0 saturated heterocycles. The maximum Gasteiger partial charge on any atom is 0.276 e. The molecule has 98 valence electrons. The van der Waals surface area contributed by atoms with Crippen LogP contribution in [0, 0.1) is 6.92 Å². The van der Waals surface area contributed by atoms with Crippen molar-refractivity contribution in [3.63, 3.8) is 0 Å². The summed E-state index contributed by atoms with van der Waals surface area (Å²) in [6.07, 6.45) is 0.360. The summed E-state index contributed by atoms with van der Waals surface area (Å²) in [6, 6.07) is 7.77. The van der Waals surface area contributed by atoms with Crippen molar-refractivity contribution >= 4 is 21.6 Å². The van der Waals surface area contributed by atoms with Crippen LogP contribution in [0.3, 0.4) is 0 Å². The summed E-state index contributed by atoms with van der Waals surface area (Å²) in [5.41, 5.74) is 2.14. The second-order valence-electron chi connectivity index (χ2n) is 4.29. The first kappa shape index (κ1) is 12.1. The van der Waals surface area contributed by atoms with Gasteiger partial charge in [0.1, 0.15) is 0 Å². The summed E-state index contributed by atoms with van der Waals surface area (Å²) < 4.78 is 2.49. The van der Waals surface area contributed by atoms with E-state index in [0.717, 1.165) is 15.9 Å². The smallest absolute Gasteiger partial charge is 0.276 e. The molecule has 0 saturated carbocycles. The number of aliphatic hydroxyl groups excluding tert-OH is 1. The molecule has 19 heavy (non-hydrogen) atoms. The van der Waals surface area contributed by atoms with Crippen molar-refractivity contribution in [3.05, 3.63) is 45.9 Å². The Morgan fingerprint density at radius 1 is 1.42 bits per heavy atom. The normalized spacial score (nSPS) is 11.3. The maximum atomic E-state index is 12.2. The summed E-state index contributed by atoms with van der Waals surface area (Å²) in [5.74, 6) is 0. The van der Waals surface area contributed by atoms with Gasteiger partial charge >= 0.3 is 0 Å². The third-order valence-corrected chi connectivity index (χ3v) is 4.05. The highest BCUT2D eigenvalue weighted by atomic mass is 32.1. The monoisotopic (exact) mass is 275 g/mol. The number of thiazole rings is 1. The highest BCUT2D eigenvalue weighted by molar-refractivity contribution is 7.20. The Bertz CT molecular complexity index is 752. The Morgan fingerprint density at radius 2 is 2.21 bits per heavy atom. The first-order valence-electron chi connectivity index (χ1n) is 5.98. The van der Waals surface area contributed by atoms with Gasteiger partial charge in [0, 0.05) is 24.3 Å². The second-order valence-corrected chi connectivity index (χ2v) is 5.30. The van der Waals surface area contributed by atoms with Crippen LogP contribution in [-0.4, -0.2) is 26.5 Å². The number of para-hydroxylation sites is 1. The number of benzene rings is 1. The quantitative estimate of drug-likeness (QED) is 0.763. The fourth-order valence-electron chi connectivity index (χ4n) is 2.08. The van der Waals surface area contributed by atoms with Gasteiger partial charge in [-0.25, -0.2) is 4.98 Å². The molecule has 0 spiro atoms. The molecule has 0 amide bonds. The van der Waals surface area contributed by atoms with Crippen LogP contribution in [0.5, 0.6) is 0 Å². The SMILES string of the molecule is Cc1[nH]n(-c2nc3ccccc3s2)c(=O)c1CCO. The first-order chi connectivity index (χ1) is 9.20. The molecular formula is C13H13N3O2S. The lowest BCUT2D eigenvalue weighted by Gasteiger charge is -1.92. The summed E-state index contributed by atoms with van der Waals surface area (Å²) in [7, 11) is 0. The molecule has 2 aromatic heterocycles. The zero-order valence-corrected chi connectivity index (χ0v) is 11.2. The van der Waals surface area contributed by atoms with E-state index in [1.54, 1.807) is 0 Å². The average Bonchev–Trinajstić information content (AvgIpc) is 2.94. The van der Waals surface area contributed by atoms with Crippen molar-refractivity contribution in [3.8, 4) is 5.13 Å². The van der Waals surface area contributed by atoms with Gasteiger partial charge < -0.3 is 5.11 Å². The van der Waals surface area contributed by atoms with E-state index >= 15 is 0 Å². The lowest BCUT2D eigenvalue weighted by atomic mass is 10.2. The zero-order valence-electron chi connectivity index (χ0n) is 10.4. The largest absolute Gasteiger partial charge is 0.396 e. The number of aliphatic hydroxyl groups is 1. The van der Waals surface area contributed by atoms with Crippen molar-refractivity contribution in [1.29, 1.82) is 0 Å². The number of H-pyrrole nitrogens is 1. The number of nitrogens with one attached hydrogen (secondary N) is 1. The number of aromatic amines is 1. The fraction of sp³-hybridized carbons (Fsp3) is 0.231. The molecule has 6 heteroatoms. The van der Waals surface area contributed by atoms with E-state index in [4.69, 9.17) is 5.11 Å². The van der Waals surface area contributed by atoms with Crippen LogP contribution in [0.2, 0.25) is 0 Å². The molecule has 0 aliphatic rings. The van der Waals surface area contributed by atoms with Gasteiger partial charge in [-0.05, 0) is 19.1 Å². The van der Waals surface area contributed by atoms with Crippen LogP contribution in [0.15, 0.2) is 29.1 Å². The molecule has 0 aliphatic heterocycles. The van der Waals surface area contributed by atoms with E-state index in [9.17, 15) is 4.79 Å². The summed E-state index contributed by atoms with van der Waals surface area (Å²) >= 11 is 1.46. The first-order valence-corrected chi connectivity index (χ1v) is 6.79. The molecule has 2 heterocycles. The number of aromatic nitrogens is 3. The van der Waals surface area contributed by atoms with Gasteiger partial charge in [-0.1, -0.05) is 23.5 Å². The molecule has 3 aromatic rings. The van der Waals surface area contributed by atoms with Gasteiger partial charge in [-0.15, -0.1) is 0 Å². The zero-order chi connectivity index (χ0) is 13.4. The van der Waals surface area contributed by atoms with E-state index in [1.807, 2.05) is 31.2 Å². The van der Waals surface area contributed by atoms with Crippen LogP contribution in [0.1, 0.15) is 11.3 Å². The highest BCUT2D eigenvalue weighted by Crippen LogP contribution is 2.23. The van der Waals surface area contributed by atoms with Crippen LogP contribution < -0.4 is 5.56 Å². The van der Waals surface area contributed by atoms with Gasteiger partial charge in [0.15, 0.2) is 0 Å². The molecule has 0 fully saturated rings. The lowest BCUT2D eigenvalue weighted by molar-refractivity contribution is 0.299. The van der Waals surface area contributed by atoms with Gasteiger partial charge in [-0.3, -0.25) is 9.89 Å². The summed E-state index contributed by atoms with van der Waals surface area (Å²) in [5, 5.41) is 12.6. The molecule has 5 nitrogen and oxygen atoms in total. The Kier molecular flexibility index (Phi) is 2.96. The molecule has 0 aliphatic carbocycles. The van der Waals surface area contributed by atoms with Crippen LogP contribution in [0.4, 0.5) is 0 Å². The van der Waals surface area contributed by atoms with Crippen LogP contribution in [-0.2, 0) is 6.42 Å². The van der Waals surface area contributed by atoms with E-state index in [0.29, 0.717) is 17.1 Å². The van der Waals surface area contributed by atoms with E-state index in [2.05, 4.69) is 10.1 Å². The minimum Gasteiger partial charge on any atom is -0.396 e. The van der Waals surface area contributed by atoms with E-state index in [1.165, 1.54) is 16.0 Å². The average molecular weight is 275 g/mol. The van der Waals surface area contributed by atoms with Crippen molar-refractivity contribution in [1.82, 2.24) is 14.8 Å². The molecule has 0 bridgehead atoms. The molecule has 0 atom stereocenters. The third-order valence-electron chi connectivity index (χ3n) is 3.03. The molecule has 1 aromatic carbocycles. The van der Waals surface area contributed by atoms with E-state index < -0.39 is 0 Å². The fourth-order valence-corrected chi connectivity index (χ4v) is 3.00. The molecule has 0 unspecified atom stereocenters. The van der Waals surface area contributed by atoms with Crippen molar-refractivity contribution in [2.24, 2.45) is 0 Å². The third kappa shape index (κ3) is 1.98. The van der Waals surface area contributed by atoms with Crippen LogP contribution >= 0.6 is 11.3 Å². The lowest BCUT2D eigenvalue weighted by Crippen LogP contribution is -2.17. The Balaban J connectivity index is 2.16. The predicted molar refractivity (Wildman–Crippen MR) is 75.1 cm³/mol. The number of rotatable bonds is 3. The van der Waals surface area contributed by atoms with Crippen molar-refractivity contribution in [2.75, 3.05) is 6.61 Å². The standard InChI is InChI=1S/C13H13N3O2S/c1-8-9(6-7-17)12(18)16(15-8)13-14-10-4-2-3-5-11(10)19-13/h2-5,15,17H,6-7H2,1H3. The molecule has 2 N–H and O–H groups in total. The summed E-state index contributed by atoms with van der Waals surface area (Å²) in [4.78, 5) is 16.7. The second kappa shape index (κ2) is 4.64. The van der Waals surface area contributed by atoms with Gasteiger partial charge in [0.2, 0.25) is 5.13 Å². The van der Waals surface area contributed by atoms with Gasteiger partial charge in [0.25, 0.3) is 5.56 Å². The van der Waals surface area contributed by atoms with Crippen LogP contribution in [0.25, 0.3) is 15.3 Å².